The van der Waals surface area contributed by atoms with E-state index >= 15 is 0 Å². The van der Waals surface area contributed by atoms with Crippen LogP contribution in [-0.2, 0) is 11.3 Å². The highest BCUT2D eigenvalue weighted by atomic mass is 16.5. The Morgan fingerprint density at radius 3 is 2.79 bits per heavy atom. The van der Waals surface area contributed by atoms with Gasteiger partial charge in [-0.15, -0.1) is 0 Å². The molecule has 0 aliphatic heterocycles. The molecule has 0 bridgehead atoms. The monoisotopic (exact) mass is 259 g/mol. The van der Waals surface area contributed by atoms with Crippen LogP contribution in [0, 0.1) is 6.92 Å². The lowest BCUT2D eigenvalue weighted by Gasteiger charge is -2.13. The lowest BCUT2D eigenvalue weighted by atomic mass is 9.96. The maximum absolute atomic E-state index is 9.12. The molecule has 1 N–H and O–H groups in total. The fraction of sp³-hybridized carbons (Fsp3) is 0.312. The van der Waals surface area contributed by atoms with Crippen molar-refractivity contribution in [1.29, 1.82) is 0 Å². The number of aliphatic hydroxyl groups excluding tert-OH is 1. The number of allylic oxidation sites excluding steroid dienone is 3. The van der Waals surface area contributed by atoms with Crippen LogP contribution in [0.1, 0.15) is 23.6 Å². The van der Waals surface area contributed by atoms with Gasteiger partial charge in [0, 0.05) is 12.7 Å². The molecule has 0 spiro atoms. The van der Waals surface area contributed by atoms with Crippen molar-refractivity contribution in [3.63, 3.8) is 0 Å². The molecule has 1 aromatic rings. The van der Waals surface area contributed by atoms with Crippen LogP contribution >= 0.6 is 0 Å². The number of hydrogen-bond donors (Lipinski definition) is 1. The van der Waals surface area contributed by atoms with Gasteiger partial charge in [0.2, 0.25) is 0 Å². The topological polar surface area (TPSA) is 41.8 Å². The summed E-state index contributed by atoms with van der Waals surface area (Å²) in [5.74, 6) is 0. The van der Waals surface area contributed by atoms with Crippen molar-refractivity contribution in [3.05, 3.63) is 59.2 Å². The summed E-state index contributed by atoms with van der Waals surface area (Å²) in [7, 11) is 1.66. The molecule has 0 amide bonds. The van der Waals surface area contributed by atoms with E-state index < -0.39 is 0 Å². The van der Waals surface area contributed by atoms with Crippen molar-refractivity contribution >= 4 is 5.71 Å². The van der Waals surface area contributed by atoms with Crippen LogP contribution in [0.15, 0.2) is 47.5 Å². The molecule has 0 unspecified atom stereocenters. The highest BCUT2D eigenvalue weighted by molar-refractivity contribution is 6.14. The third kappa shape index (κ3) is 4.16. The van der Waals surface area contributed by atoms with Gasteiger partial charge >= 0.3 is 0 Å². The summed E-state index contributed by atoms with van der Waals surface area (Å²) in [6.07, 6.45) is 3.79. The van der Waals surface area contributed by atoms with E-state index in [1.165, 1.54) is 0 Å². The van der Waals surface area contributed by atoms with E-state index in [2.05, 4.69) is 11.6 Å². The molecule has 19 heavy (non-hydrogen) atoms. The van der Waals surface area contributed by atoms with Crippen LogP contribution < -0.4 is 0 Å². The second kappa shape index (κ2) is 7.67. The molecule has 0 saturated heterocycles. The Kier molecular flexibility index (Phi) is 6.19. The van der Waals surface area contributed by atoms with Crippen LogP contribution in [-0.4, -0.2) is 24.7 Å². The van der Waals surface area contributed by atoms with E-state index in [1.807, 2.05) is 44.2 Å². The van der Waals surface area contributed by atoms with Gasteiger partial charge in [0.05, 0.1) is 12.3 Å². The first-order valence-electron chi connectivity index (χ1n) is 6.20. The summed E-state index contributed by atoms with van der Waals surface area (Å²) in [4.78, 5) is 4.16. The molecule has 102 valence electrons. The van der Waals surface area contributed by atoms with Crippen molar-refractivity contribution in [1.82, 2.24) is 0 Å². The summed E-state index contributed by atoms with van der Waals surface area (Å²) in [6.45, 7) is 8.19. The molecule has 1 rings (SSSR count). The minimum Gasteiger partial charge on any atom is -0.380 e. The average Bonchev–Trinajstić information content (AvgIpc) is 2.38. The van der Waals surface area contributed by atoms with E-state index in [9.17, 15) is 0 Å². The Bertz CT molecular complexity index is 501. The fourth-order valence-electron chi connectivity index (χ4n) is 1.90. The van der Waals surface area contributed by atoms with Gasteiger partial charge in [-0.1, -0.05) is 36.4 Å². The molecule has 0 saturated carbocycles. The predicted octanol–water partition coefficient (Wildman–Crippen LogP) is 3.01. The van der Waals surface area contributed by atoms with E-state index in [1.54, 1.807) is 7.11 Å². The highest BCUT2D eigenvalue weighted by Crippen LogP contribution is 2.18. The van der Waals surface area contributed by atoms with Crippen LogP contribution in [0.25, 0.3) is 0 Å². The van der Waals surface area contributed by atoms with Gasteiger partial charge in [-0.05, 0) is 31.1 Å². The van der Waals surface area contributed by atoms with Gasteiger partial charge in [0.15, 0.2) is 0 Å². The number of aliphatic imine (C=N–C) groups is 1. The van der Waals surface area contributed by atoms with Crippen molar-refractivity contribution in [2.24, 2.45) is 4.99 Å². The molecule has 0 aliphatic carbocycles. The summed E-state index contributed by atoms with van der Waals surface area (Å²) in [6, 6.07) is 6.09. The van der Waals surface area contributed by atoms with Gasteiger partial charge in [-0.25, -0.2) is 0 Å². The number of aliphatic hydroxyl groups is 1. The second-order valence-corrected chi connectivity index (χ2v) is 4.27. The summed E-state index contributed by atoms with van der Waals surface area (Å²) < 4.78 is 5.21. The van der Waals surface area contributed by atoms with Crippen LogP contribution in [0.2, 0.25) is 0 Å². The van der Waals surface area contributed by atoms with Gasteiger partial charge in [-0.3, -0.25) is 4.99 Å². The Morgan fingerprint density at radius 2 is 2.21 bits per heavy atom. The number of nitrogens with zero attached hydrogens (tertiary/aromatic N) is 1. The Hall–Kier alpha value is -1.71. The van der Waals surface area contributed by atoms with Gasteiger partial charge < -0.3 is 9.84 Å². The van der Waals surface area contributed by atoms with Crippen LogP contribution in [0.4, 0.5) is 0 Å². The SMILES string of the molecule is C=C(/C=C\C)/C(=N/CO)c1cc(C)ccc1COC. The van der Waals surface area contributed by atoms with Crippen molar-refractivity contribution < 1.29 is 9.84 Å². The first-order chi connectivity index (χ1) is 9.13. The maximum Gasteiger partial charge on any atom is 0.135 e. The fourth-order valence-corrected chi connectivity index (χ4v) is 1.90. The number of rotatable bonds is 6. The number of methoxy groups -OCH3 is 1. The third-order valence-electron chi connectivity index (χ3n) is 2.72. The highest BCUT2D eigenvalue weighted by Gasteiger charge is 2.11. The molecule has 0 atom stereocenters. The van der Waals surface area contributed by atoms with E-state index in [-0.39, 0.29) is 6.73 Å². The molecule has 0 fully saturated rings. The van der Waals surface area contributed by atoms with Crippen LogP contribution in [0.3, 0.4) is 0 Å². The maximum atomic E-state index is 9.12. The predicted molar refractivity (Wildman–Crippen MR) is 79.5 cm³/mol. The van der Waals surface area contributed by atoms with Gasteiger partial charge in [0.25, 0.3) is 0 Å². The lowest BCUT2D eigenvalue weighted by Crippen LogP contribution is -2.09. The molecule has 0 aromatic heterocycles. The molecular formula is C16H21NO2. The van der Waals surface area contributed by atoms with Gasteiger partial charge in [-0.2, -0.15) is 0 Å². The summed E-state index contributed by atoms with van der Waals surface area (Å²) >= 11 is 0. The normalized spacial score (nSPS) is 12.1. The zero-order valence-corrected chi connectivity index (χ0v) is 11.8. The standard InChI is InChI=1S/C16H21NO2/c1-5-6-13(3)16(17-11-18)15-9-12(2)7-8-14(15)10-19-4/h5-9,18H,3,10-11H2,1-2,4H3/b6-5-,17-16-. The molecule has 0 radical (unpaired) electrons. The largest absolute Gasteiger partial charge is 0.380 e. The molecule has 1 aromatic carbocycles. The van der Waals surface area contributed by atoms with E-state index in [0.29, 0.717) is 12.3 Å². The number of aryl methyl sites for hydroxylation is 1. The smallest absolute Gasteiger partial charge is 0.135 e. The summed E-state index contributed by atoms with van der Waals surface area (Å²) in [5, 5.41) is 9.12. The third-order valence-corrected chi connectivity index (χ3v) is 2.72. The second-order valence-electron chi connectivity index (χ2n) is 4.27. The Labute approximate surface area is 115 Å². The first kappa shape index (κ1) is 15.3. The zero-order valence-electron chi connectivity index (χ0n) is 11.8. The zero-order chi connectivity index (χ0) is 14.3. The molecule has 0 aliphatic rings. The van der Waals surface area contributed by atoms with Crippen molar-refractivity contribution in [2.45, 2.75) is 20.5 Å². The summed E-state index contributed by atoms with van der Waals surface area (Å²) in [5.41, 5.74) is 4.61. The number of hydrogen-bond acceptors (Lipinski definition) is 3. The minimum absolute atomic E-state index is 0.258. The molecule has 3 nitrogen and oxygen atoms in total. The van der Waals surface area contributed by atoms with E-state index in [4.69, 9.17) is 9.84 Å². The van der Waals surface area contributed by atoms with Crippen molar-refractivity contribution in [3.8, 4) is 0 Å². The quantitative estimate of drug-likeness (QED) is 0.630. The molecular weight excluding hydrogens is 238 g/mol. The molecule has 0 heterocycles. The first-order valence-corrected chi connectivity index (χ1v) is 6.20. The number of ether oxygens (including phenoxy) is 1. The lowest BCUT2D eigenvalue weighted by molar-refractivity contribution is 0.184. The van der Waals surface area contributed by atoms with E-state index in [0.717, 1.165) is 22.3 Å². The van der Waals surface area contributed by atoms with Gasteiger partial charge in [0.1, 0.15) is 6.73 Å². The van der Waals surface area contributed by atoms with Crippen LogP contribution in [0.5, 0.6) is 0 Å². The Morgan fingerprint density at radius 1 is 1.47 bits per heavy atom. The number of benzene rings is 1. The average molecular weight is 259 g/mol. The molecule has 3 heteroatoms. The Balaban J connectivity index is 3.32. The van der Waals surface area contributed by atoms with Crippen molar-refractivity contribution in [2.75, 3.05) is 13.8 Å². The minimum atomic E-state index is -0.258.